The van der Waals surface area contributed by atoms with Crippen molar-refractivity contribution < 1.29 is 0 Å². The maximum absolute atomic E-state index is 8.89. The summed E-state index contributed by atoms with van der Waals surface area (Å²) in [5.41, 5.74) is 8.03. The van der Waals surface area contributed by atoms with Crippen molar-refractivity contribution in [2.75, 3.05) is 18.0 Å². The zero-order valence-electron chi connectivity index (χ0n) is 11.7. The number of nitrogens with zero attached hydrogens (tertiary/aromatic N) is 2. The predicted octanol–water partition coefficient (Wildman–Crippen LogP) is 2.85. The molecule has 2 N–H and O–H groups in total. The van der Waals surface area contributed by atoms with Crippen LogP contribution in [0.25, 0.3) is 0 Å². The molecule has 3 nitrogen and oxygen atoms in total. The SMILES string of the molecule is CC(N)(C#N)CCCCN1CCCc2ccccc21. The molecule has 0 radical (unpaired) electrons. The fourth-order valence-corrected chi connectivity index (χ4v) is 2.69. The highest BCUT2D eigenvalue weighted by Crippen LogP contribution is 2.26. The zero-order chi connectivity index (χ0) is 13.7. The van der Waals surface area contributed by atoms with E-state index in [1.165, 1.54) is 24.1 Å². The van der Waals surface area contributed by atoms with Gasteiger partial charge in [0, 0.05) is 18.8 Å². The van der Waals surface area contributed by atoms with Crippen LogP contribution in [0.2, 0.25) is 0 Å². The zero-order valence-corrected chi connectivity index (χ0v) is 11.7. The van der Waals surface area contributed by atoms with Gasteiger partial charge in [-0.3, -0.25) is 0 Å². The Morgan fingerprint density at radius 2 is 2.16 bits per heavy atom. The third kappa shape index (κ3) is 3.71. The van der Waals surface area contributed by atoms with E-state index >= 15 is 0 Å². The summed E-state index contributed by atoms with van der Waals surface area (Å²) in [5.74, 6) is 0. The molecule has 0 spiro atoms. The molecule has 1 atom stereocenters. The van der Waals surface area contributed by atoms with Crippen LogP contribution >= 0.6 is 0 Å². The minimum atomic E-state index is -0.667. The van der Waals surface area contributed by atoms with E-state index in [9.17, 15) is 0 Å². The topological polar surface area (TPSA) is 53.1 Å². The van der Waals surface area contributed by atoms with Crippen LogP contribution < -0.4 is 10.6 Å². The standard InChI is InChI=1S/C16H23N3/c1-16(18,13-17)10-4-5-11-19-12-6-8-14-7-2-3-9-15(14)19/h2-3,7,9H,4-6,8,10-12,18H2,1H3. The molecule has 1 aliphatic heterocycles. The van der Waals surface area contributed by atoms with Crippen molar-refractivity contribution in [3.63, 3.8) is 0 Å². The first-order valence-corrected chi connectivity index (χ1v) is 7.15. The second kappa shape index (κ2) is 6.08. The van der Waals surface area contributed by atoms with Gasteiger partial charge in [0.05, 0.1) is 6.07 Å². The Hall–Kier alpha value is -1.53. The summed E-state index contributed by atoms with van der Waals surface area (Å²) in [6.45, 7) is 4.02. The van der Waals surface area contributed by atoms with Crippen LogP contribution in [0.1, 0.15) is 38.2 Å². The van der Waals surface area contributed by atoms with Crippen molar-refractivity contribution in [1.82, 2.24) is 0 Å². The third-order valence-corrected chi connectivity index (χ3v) is 3.84. The highest BCUT2D eigenvalue weighted by Gasteiger charge is 2.18. The molecular formula is C16H23N3. The van der Waals surface area contributed by atoms with Crippen LogP contribution in [0.3, 0.4) is 0 Å². The maximum Gasteiger partial charge on any atom is 0.101 e. The fourth-order valence-electron chi connectivity index (χ4n) is 2.69. The predicted molar refractivity (Wildman–Crippen MR) is 79.0 cm³/mol. The number of para-hydroxylation sites is 1. The van der Waals surface area contributed by atoms with Gasteiger partial charge in [0.15, 0.2) is 0 Å². The van der Waals surface area contributed by atoms with Crippen LogP contribution in [0.5, 0.6) is 0 Å². The van der Waals surface area contributed by atoms with Gasteiger partial charge in [-0.15, -0.1) is 0 Å². The van der Waals surface area contributed by atoms with Gasteiger partial charge in [-0.05, 0) is 50.7 Å². The molecule has 0 amide bonds. The molecule has 0 bridgehead atoms. The van der Waals surface area contributed by atoms with Gasteiger partial charge in [0.2, 0.25) is 0 Å². The quantitative estimate of drug-likeness (QED) is 0.825. The van der Waals surface area contributed by atoms with Crippen molar-refractivity contribution in [1.29, 1.82) is 5.26 Å². The molecule has 2 rings (SSSR count). The number of hydrogen-bond donors (Lipinski definition) is 1. The van der Waals surface area contributed by atoms with Gasteiger partial charge in [-0.25, -0.2) is 0 Å². The maximum atomic E-state index is 8.89. The Labute approximate surface area is 116 Å². The van der Waals surface area contributed by atoms with Crippen molar-refractivity contribution in [2.24, 2.45) is 5.73 Å². The first-order valence-electron chi connectivity index (χ1n) is 7.15. The van der Waals surface area contributed by atoms with Gasteiger partial charge >= 0.3 is 0 Å². The molecule has 0 aromatic heterocycles. The lowest BCUT2D eigenvalue weighted by Gasteiger charge is -2.31. The van der Waals surface area contributed by atoms with Gasteiger partial charge in [0.1, 0.15) is 5.54 Å². The first-order chi connectivity index (χ1) is 9.12. The molecule has 0 fully saturated rings. The van der Waals surface area contributed by atoms with Gasteiger partial charge < -0.3 is 10.6 Å². The van der Waals surface area contributed by atoms with Crippen LogP contribution in [-0.4, -0.2) is 18.6 Å². The van der Waals surface area contributed by atoms with E-state index in [0.29, 0.717) is 0 Å². The molecule has 0 saturated heterocycles. The van der Waals surface area contributed by atoms with E-state index in [1.807, 2.05) is 6.92 Å². The molecular weight excluding hydrogens is 234 g/mol. The number of benzene rings is 1. The molecule has 102 valence electrons. The minimum absolute atomic E-state index is 0.667. The summed E-state index contributed by atoms with van der Waals surface area (Å²) in [4.78, 5) is 2.47. The number of nitrogens with two attached hydrogens (primary N) is 1. The highest BCUT2D eigenvalue weighted by atomic mass is 15.1. The van der Waals surface area contributed by atoms with Gasteiger partial charge in [0.25, 0.3) is 0 Å². The molecule has 1 heterocycles. The van der Waals surface area contributed by atoms with Crippen molar-refractivity contribution in [3.8, 4) is 6.07 Å². The monoisotopic (exact) mass is 257 g/mol. The highest BCUT2D eigenvalue weighted by molar-refractivity contribution is 5.55. The van der Waals surface area contributed by atoms with Crippen LogP contribution in [0, 0.1) is 11.3 Å². The number of nitriles is 1. The number of aryl methyl sites for hydroxylation is 1. The van der Waals surface area contributed by atoms with Crippen LogP contribution in [0.15, 0.2) is 24.3 Å². The van der Waals surface area contributed by atoms with Crippen molar-refractivity contribution in [3.05, 3.63) is 29.8 Å². The van der Waals surface area contributed by atoms with E-state index in [0.717, 1.165) is 32.4 Å². The third-order valence-electron chi connectivity index (χ3n) is 3.84. The largest absolute Gasteiger partial charge is 0.371 e. The lowest BCUT2D eigenvalue weighted by molar-refractivity contribution is 0.504. The van der Waals surface area contributed by atoms with E-state index in [1.54, 1.807) is 0 Å². The Bertz CT molecular complexity index is 459. The Morgan fingerprint density at radius 1 is 1.37 bits per heavy atom. The Balaban J connectivity index is 1.84. The van der Waals surface area contributed by atoms with Crippen molar-refractivity contribution in [2.45, 2.75) is 44.6 Å². The summed E-state index contributed by atoms with van der Waals surface area (Å²) >= 11 is 0. The van der Waals surface area contributed by atoms with Crippen LogP contribution in [-0.2, 0) is 6.42 Å². The normalized spacial score (nSPS) is 17.4. The van der Waals surface area contributed by atoms with E-state index in [-0.39, 0.29) is 0 Å². The number of unbranched alkanes of at least 4 members (excludes halogenated alkanes) is 1. The lowest BCUT2D eigenvalue weighted by atomic mass is 9.97. The van der Waals surface area contributed by atoms with Gasteiger partial charge in [-0.1, -0.05) is 18.2 Å². The molecule has 0 aliphatic carbocycles. The Morgan fingerprint density at radius 3 is 2.95 bits per heavy atom. The Kier molecular flexibility index (Phi) is 4.44. The fraction of sp³-hybridized carbons (Fsp3) is 0.562. The van der Waals surface area contributed by atoms with E-state index < -0.39 is 5.54 Å². The van der Waals surface area contributed by atoms with Crippen molar-refractivity contribution >= 4 is 5.69 Å². The van der Waals surface area contributed by atoms with E-state index in [4.69, 9.17) is 11.0 Å². The average Bonchev–Trinajstić information content (AvgIpc) is 2.44. The summed E-state index contributed by atoms with van der Waals surface area (Å²) in [6.07, 6.45) is 5.33. The molecule has 1 unspecified atom stereocenters. The molecule has 1 aliphatic rings. The second-order valence-corrected chi connectivity index (χ2v) is 5.71. The number of rotatable bonds is 5. The number of fused-ring (bicyclic) bond motifs is 1. The molecule has 3 heteroatoms. The first kappa shape index (κ1) is 13.9. The van der Waals surface area contributed by atoms with Gasteiger partial charge in [-0.2, -0.15) is 5.26 Å². The number of anilines is 1. The molecule has 1 aromatic carbocycles. The molecule has 19 heavy (non-hydrogen) atoms. The molecule has 0 saturated carbocycles. The summed E-state index contributed by atoms with van der Waals surface area (Å²) in [7, 11) is 0. The lowest BCUT2D eigenvalue weighted by Crippen LogP contribution is -2.34. The molecule has 1 aromatic rings. The van der Waals surface area contributed by atoms with Crippen LogP contribution in [0.4, 0.5) is 5.69 Å². The summed E-state index contributed by atoms with van der Waals surface area (Å²) in [5, 5.41) is 8.89. The van der Waals surface area contributed by atoms with E-state index in [2.05, 4.69) is 35.2 Å². The average molecular weight is 257 g/mol. The number of hydrogen-bond acceptors (Lipinski definition) is 3. The minimum Gasteiger partial charge on any atom is -0.371 e. The summed E-state index contributed by atoms with van der Waals surface area (Å²) in [6, 6.07) is 10.8. The second-order valence-electron chi connectivity index (χ2n) is 5.71. The summed E-state index contributed by atoms with van der Waals surface area (Å²) < 4.78 is 0. The smallest absolute Gasteiger partial charge is 0.101 e.